The lowest BCUT2D eigenvalue weighted by atomic mass is 9.97. The molecule has 1 N–H and O–H groups in total. The van der Waals surface area contributed by atoms with E-state index in [0.717, 1.165) is 24.9 Å². The van der Waals surface area contributed by atoms with Gasteiger partial charge in [-0.1, -0.05) is 11.6 Å². The summed E-state index contributed by atoms with van der Waals surface area (Å²) in [5, 5.41) is 0.536. The van der Waals surface area contributed by atoms with Crippen LogP contribution in [0, 0.1) is 10.6 Å². The highest BCUT2D eigenvalue weighted by molar-refractivity contribution is 7.71. The number of rotatable bonds is 5. The SMILES string of the molecule is O=C(c1ccc2c(=O)n(CCC3=CCCCC3)c(=S)[nH]c2c1)N1CCN(c2ccc(F)cc2)CC1. The number of anilines is 1. The third kappa shape index (κ3) is 5.07. The second kappa shape index (κ2) is 10.2. The molecule has 35 heavy (non-hydrogen) atoms. The Balaban J connectivity index is 1.30. The van der Waals surface area contributed by atoms with E-state index in [1.807, 2.05) is 4.90 Å². The lowest BCUT2D eigenvalue weighted by Gasteiger charge is -2.36. The molecule has 5 rings (SSSR count). The van der Waals surface area contributed by atoms with Gasteiger partial charge in [-0.3, -0.25) is 14.2 Å². The summed E-state index contributed by atoms with van der Waals surface area (Å²) in [6.07, 6.45) is 7.80. The molecule has 1 aromatic heterocycles. The first-order valence-corrected chi connectivity index (χ1v) is 12.6. The van der Waals surface area contributed by atoms with Gasteiger partial charge in [-0.2, -0.15) is 0 Å². The standard InChI is InChI=1S/C27H29FN4O2S/c28-21-7-9-22(10-8-21)30-14-16-31(17-15-30)25(33)20-6-11-23-24(18-20)29-27(35)32(26(23)34)13-12-19-4-2-1-3-5-19/h4,6-11,18H,1-3,5,12-17H2,(H,29,35). The Labute approximate surface area is 208 Å². The molecule has 1 fully saturated rings. The van der Waals surface area contributed by atoms with Crippen LogP contribution in [0.25, 0.3) is 10.9 Å². The molecule has 182 valence electrons. The maximum Gasteiger partial charge on any atom is 0.262 e. The Bertz CT molecular complexity index is 1390. The van der Waals surface area contributed by atoms with Crippen molar-refractivity contribution in [3.63, 3.8) is 0 Å². The molecule has 3 aromatic rings. The Kier molecular flexibility index (Phi) is 6.81. The van der Waals surface area contributed by atoms with E-state index in [2.05, 4.69) is 16.0 Å². The second-order valence-electron chi connectivity index (χ2n) is 9.26. The number of nitrogens with zero attached hydrogens (tertiary/aromatic N) is 3. The van der Waals surface area contributed by atoms with E-state index < -0.39 is 0 Å². The molecular formula is C27H29FN4O2S. The van der Waals surface area contributed by atoms with E-state index in [1.165, 1.54) is 30.5 Å². The highest BCUT2D eigenvalue weighted by Gasteiger charge is 2.23. The lowest BCUT2D eigenvalue weighted by Crippen LogP contribution is -2.48. The normalized spacial score (nSPS) is 16.4. The molecule has 0 spiro atoms. The quantitative estimate of drug-likeness (QED) is 0.400. The number of benzene rings is 2. The van der Waals surface area contributed by atoms with Crippen molar-refractivity contribution in [3.05, 3.63) is 80.6 Å². The average molecular weight is 493 g/mol. The average Bonchev–Trinajstić information content (AvgIpc) is 2.89. The van der Waals surface area contributed by atoms with E-state index in [9.17, 15) is 14.0 Å². The Morgan fingerprint density at radius 3 is 2.51 bits per heavy atom. The number of H-pyrrole nitrogens is 1. The molecule has 0 saturated carbocycles. The number of hydrogen-bond acceptors (Lipinski definition) is 4. The maximum atomic E-state index is 13.2. The van der Waals surface area contributed by atoms with Crippen LogP contribution in [0.15, 0.2) is 58.9 Å². The van der Waals surface area contributed by atoms with Crippen LogP contribution in [0.1, 0.15) is 42.5 Å². The Morgan fingerprint density at radius 1 is 1.03 bits per heavy atom. The summed E-state index contributed by atoms with van der Waals surface area (Å²) in [5.74, 6) is -0.329. The molecular weight excluding hydrogens is 463 g/mol. The molecule has 1 aliphatic carbocycles. The zero-order valence-electron chi connectivity index (χ0n) is 19.6. The van der Waals surface area contributed by atoms with Crippen molar-refractivity contribution in [2.75, 3.05) is 31.1 Å². The zero-order chi connectivity index (χ0) is 24.4. The summed E-state index contributed by atoms with van der Waals surface area (Å²) in [7, 11) is 0. The molecule has 1 saturated heterocycles. The molecule has 0 radical (unpaired) electrons. The number of amides is 1. The van der Waals surface area contributed by atoms with Crippen LogP contribution in [0.3, 0.4) is 0 Å². The van der Waals surface area contributed by atoms with E-state index >= 15 is 0 Å². The van der Waals surface area contributed by atoms with E-state index in [4.69, 9.17) is 12.2 Å². The Morgan fingerprint density at radius 2 is 1.80 bits per heavy atom. The smallest absolute Gasteiger partial charge is 0.262 e. The number of allylic oxidation sites excluding steroid dienone is 2. The monoisotopic (exact) mass is 492 g/mol. The highest BCUT2D eigenvalue weighted by atomic mass is 32.1. The van der Waals surface area contributed by atoms with Crippen LogP contribution in [-0.2, 0) is 6.54 Å². The van der Waals surface area contributed by atoms with Crippen LogP contribution >= 0.6 is 12.2 Å². The zero-order valence-corrected chi connectivity index (χ0v) is 20.5. The number of piperazine rings is 1. The molecule has 0 bridgehead atoms. The lowest BCUT2D eigenvalue weighted by molar-refractivity contribution is 0.0747. The van der Waals surface area contributed by atoms with Crippen LogP contribution in [0.4, 0.5) is 10.1 Å². The molecule has 2 heterocycles. The first-order chi connectivity index (χ1) is 17.0. The summed E-state index contributed by atoms with van der Waals surface area (Å²) in [6.45, 7) is 3.06. The maximum absolute atomic E-state index is 13.2. The van der Waals surface area contributed by atoms with Crippen molar-refractivity contribution < 1.29 is 9.18 Å². The first kappa shape index (κ1) is 23.5. The van der Waals surface area contributed by atoms with E-state index in [0.29, 0.717) is 54.0 Å². The summed E-state index contributed by atoms with van der Waals surface area (Å²) in [5.41, 5.74) is 3.35. The Hall–Kier alpha value is -3.26. The van der Waals surface area contributed by atoms with Crippen molar-refractivity contribution in [1.29, 1.82) is 0 Å². The minimum Gasteiger partial charge on any atom is -0.368 e. The number of aromatic amines is 1. The summed E-state index contributed by atoms with van der Waals surface area (Å²) >= 11 is 5.50. The summed E-state index contributed by atoms with van der Waals surface area (Å²) in [4.78, 5) is 33.4. The molecule has 2 aliphatic rings. The molecule has 6 nitrogen and oxygen atoms in total. The minimum absolute atomic E-state index is 0.0709. The predicted octanol–water partition coefficient (Wildman–Crippen LogP) is 5.05. The van der Waals surface area contributed by atoms with Gasteiger partial charge in [-0.25, -0.2) is 4.39 Å². The number of fused-ring (bicyclic) bond motifs is 1. The molecule has 8 heteroatoms. The van der Waals surface area contributed by atoms with Crippen molar-refractivity contribution in [2.45, 2.75) is 38.6 Å². The van der Waals surface area contributed by atoms with Gasteiger partial charge < -0.3 is 14.8 Å². The van der Waals surface area contributed by atoms with Gasteiger partial charge in [0.2, 0.25) is 0 Å². The van der Waals surface area contributed by atoms with E-state index in [-0.39, 0.29) is 17.3 Å². The predicted molar refractivity (Wildman–Crippen MR) is 139 cm³/mol. The van der Waals surface area contributed by atoms with Gasteiger partial charge in [0.15, 0.2) is 4.77 Å². The van der Waals surface area contributed by atoms with Crippen LogP contribution in [-0.4, -0.2) is 46.5 Å². The molecule has 0 unspecified atom stereocenters. The summed E-state index contributed by atoms with van der Waals surface area (Å²) in [6, 6.07) is 11.6. The number of halogens is 1. The van der Waals surface area contributed by atoms with Gasteiger partial charge in [-0.05, 0) is 86.8 Å². The topological polar surface area (TPSA) is 61.3 Å². The fourth-order valence-electron chi connectivity index (χ4n) is 4.98. The number of carbonyl (C=O) groups excluding carboxylic acids is 1. The third-order valence-corrected chi connectivity index (χ3v) is 7.35. The molecule has 1 aliphatic heterocycles. The van der Waals surface area contributed by atoms with Crippen LogP contribution in [0.5, 0.6) is 0 Å². The number of carbonyl (C=O) groups is 1. The first-order valence-electron chi connectivity index (χ1n) is 12.2. The van der Waals surface area contributed by atoms with Gasteiger partial charge in [-0.15, -0.1) is 0 Å². The van der Waals surface area contributed by atoms with Gasteiger partial charge in [0.05, 0.1) is 10.9 Å². The molecule has 2 aromatic carbocycles. The fourth-order valence-corrected chi connectivity index (χ4v) is 5.26. The number of hydrogen-bond donors (Lipinski definition) is 1. The third-order valence-electron chi connectivity index (χ3n) is 7.03. The van der Waals surface area contributed by atoms with Gasteiger partial charge in [0, 0.05) is 44.0 Å². The van der Waals surface area contributed by atoms with Crippen molar-refractivity contribution in [3.8, 4) is 0 Å². The fraction of sp³-hybridized carbons (Fsp3) is 0.370. The van der Waals surface area contributed by atoms with Crippen LogP contribution < -0.4 is 10.5 Å². The summed E-state index contributed by atoms with van der Waals surface area (Å²) < 4.78 is 15.2. The van der Waals surface area contributed by atoms with Crippen molar-refractivity contribution >= 4 is 34.7 Å². The highest BCUT2D eigenvalue weighted by Crippen LogP contribution is 2.21. The minimum atomic E-state index is -0.258. The number of aromatic nitrogens is 2. The van der Waals surface area contributed by atoms with Crippen molar-refractivity contribution in [2.24, 2.45) is 0 Å². The second-order valence-corrected chi connectivity index (χ2v) is 9.65. The van der Waals surface area contributed by atoms with Gasteiger partial charge >= 0.3 is 0 Å². The largest absolute Gasteiger partial charge is 0.368 e. The molecule has 0 atom stereocenters. The van der Waals surface area contributed by atoms with Crippen LogP contribution in [0.2, 0.25) is 0 Å². The molecule has 1 amide bonds. The number of nitrogens with one attached hydrogen (secondary N) is 1. The van der Waals surface area contributed by atoms with Gasteiger partial charge in [0.1, 0.15) is 5.82 Å². The van der Waals surface area contributed by atoms with E-state index in [1.54, 1.807) is 34.9 Å². The van der Waals surface area contributed by atoms with Gasteiger partial charge in [0.25, 0.3) is 11.5 Å². The van der Waals surface area contributed by atoms with Crippen molar-refractivity contribution in [1.82, 2.24) is 14.5 Å².